The predicted molar refractivity (Wildman–Crippen MR) is 197 cm³/mol. The SMILES string of the molecule is C[C@H](CC(=O)C[C@H](CCCCN)C(=O)O)OC(=O)C[C@H](C)NC(=O)C[C@@H](C)OC(=O)C[C@H](C)NC(=O)[C@H](C)NC(=O)[C@H](CCCN=C(N)N)NC(=O)CN. The first-order valence-electron chi connectivity index (χ1n) is 18.1. The predicted octanol–water partition coefficient (Wildman–Crippen LogP) is -1.79. The maximum atomic E-state index is 12.8. The summed E-state index contributed by atoms with van der Waals surface area (Å²) in [5.74, 6) is -6.03. The highest BCUT2D eigenvalue weighted by Gasteiger charge is 2.26. The molecule has 0 saturated carbocycles. The fourth-order valence-electron chi connectivity index (χ4n) is 5.12. The molecule has 0 aromatic rings. The van der Waals surface area contributed by atoms with Gasteiger partial charge >= 0.3 is 17.9 Å². The van der Waals surface area contributed by atoms with Gasteiger partial charge in [0, 0.05) is 31.5 Å². The van der Waals surface area contributed by atoms with Crippen molar-refractivity contribution in [3.05, 3.63) is 0 Å². The van der Waals surface area contributed by atoms with E-state index in [0.717, 1.165) is 0 Å². The summed E-state index contributed by atoms with van der Waals surface area (Å²) in [6, 6.07) is -3.39. The zero-order valence-corrected chi connectivity index (χ0v) is 32.0. The number of nitrogens with two attached hydrogens (primary N) is 4. The molecule has 4 amide bonds. The number of unbranched alkanes of at least 4 members (excludes halogenated alkanes) is 1. The molecule has 0 rings (SSSR count). The Labute approximate surface area is 316 Å². The van der Waals surface area contributed by atoms with Gasteiger partial charge in [0.1, 0.15) is 30.1 Å². The minimum atomic E-state index is -1.07. The first kappa shape index (κ1) is 49.1. The number of carboxylic acid groups (broad SMARTS) is 1. The minimum absolute atomic E-state index is 0.118. The van der Waals surface area contributed by atoms with Crippen LogP contribution in [-0.2, 0) is 47.8 Å². The van der Waals surface area contributed by atoms with E-state index < -0.39 is 83.8 Å². The molecule has 0 aromatic carbocycles. The van der Waals surface area contributed by atoms with E-state index in [1.165, 1.54) is 20.8 Å². The van der Waals surface area contributed by atoms with E-state index in [4.69, 9.17) is 32.4 Å². The van der Waals surface area contributed by atoms with Crippen LogP contribution in [0, 0.1) is 5.92 Å². The lowest BCUT2D eigenvalue weighted by Gasteiger charge is -2.22. The molecule has 0 aliphatic heterocycles. The van der Waals surface area contributed by atoms with Gasteiger partial charge in [0.15, 0.2) is 5.96 Å². The second-order valence-electron chi connectivity index (χ2n) is 13.4. The number of aliphatic carboxylic acids is 1. The molecule has 0 unspecified atom stereocenters. The molecule has 0 saturated heterocycles. The third-order valence-electron chi connectivity index (χ3n) is 7.76. The normalized spacial score (nSPS) is 14.7. The van der Waals surface area contributed by atoms with Crippen LogP contribution in [0.3, 0.4) is 0 Å². The van der Waals surface area contributed by atoms with Gasteiger partial charge in [0.25, 0.3) is 0 Å². The highest BCUT2D eigenvalue weighted by molar-refractivity contribution is 5.92. The van der Waals surface area contributed by atoms with Gasteiger partial charge in [-0.25, -0.2) is 0 Å². The summed E-state index contributed by atoms with van der Waals surface area (Å²) >= 11 is 0. The van der Waals surface area contributed by atoms with Gasteiger partial charge < -0.3 is 58.8 Å². The Balaban J connectivity index is 4.69. The van der Waals surface area contributed by atoms with Crippen LogP contribution in [0.15, 0.2) is 4.99 Å². The molecule has 0 heterocycles. The number of ketones is 1. The fourth-order valence-corrected chi connectivity index (χ4v) is 5.12. The third-order valence-corrected chi connectivity index (χ3v) is 7.76. The second-order valence-corrected chi connectivity index (χ2v) is 13.4. The van der Waals surface area contributed by atoms with Crippen LogP contribution in [0.5, 0.6) is 0 Å². The zero-order chi connectivity index (χ0) is 41.4. The Morgan fingerprint density at radius 3 is 1.76 bits per heavy atom. The number of nitrogens with zero attached hydrogens (tertiary/aromatic N) is 1. The van der Waals surface area contributed by atoms with Crippen molar-refractivity contribution in [2.75, 3.05) is 19.6 Å². The number of aliphatic imine (C=N–C) groups is 1. The number of amides is 4. The number of carbonyl (C=O) groups excluding carboxylic acids is 7. The summed E-state index contributed by atoms with van der Waals surface area (Å²) in [6.45, 7) is 7.88. The number of hydrogen-bond donors (Lipinski definition) is 9. The van der Waals surface area contributed by atoms with Crippen LogP contribution in [0.2, 0.25) is 0 Å². The summed E-state index contributed by atoms with van der Waals surface area (Å²) in [5, 5.41) is 19.6. The molecule has 54 heavy (non-hydrogen) atoms. The number of ether oxygens (including phenoxy) is 2. The van der Waals surface area contributed by atoms with Crippen molar-refractivity contribution < 1.29 is 52.9 Å². The molecule has 0 aromatic heterocycles. The van der Waals surface area contributed by atoms with Crippen LogP contribution in [-0.4, -0.2) is 114 Å². The van der Waals surface area contributed by atoms with Crippen molar-refractivity contribution in [3.8, 4) is 0 Å². The van der Waals surface area contributed by atoms with Gasteiger partial charge in [-0.05, 0) is 66.8 Å². The molecule has 13 N–H and O–H groups in total. The molecule has 0 bridgehead atoms. The summed E-state index contributed by atoms with van der Waals surface area (Å²) in [6.07, 6.45) is -0.513. The third kappa shape index (κ3) is 23.7. The van der Waals surface area contributed by atoms with E-state index in [2.05, 4.69) is 26.3 Å². The van der Waals surface area contributed by atoms with Crippen molar-refractivity contribution in [3.63, 3.8) is 0 Å². The van der Waals surface area contributed by atoms with E-state index in [1.807, 2.05) is 0 Å². The van der Waals surface area contributed by atoms with Gasteiger partial charge in [-0.3, -0.25) is 43.3 Å². The molecule has 0 aliphatic rings. The molecule has 0 spiro atoms. The molecule has 0 aliphatic carbocycles. The first-order valence-corrected chi connectivity index (χ1v) is 18.1. The largest absolute Gasteiger partial charge is 0.481 e. The number of guanidine groups is 1. The summed E-state index contributed by atoms with van der Waals surface area (Å²) in [7, 11) is 0. The number of carbonyl (C=O) groups is 8. The fraction of sp³-hybridized carbons (Fsp3) is 0.735. The minimum Gasteiger partial charge on any atom is -0.481 e. The highest BCUT2D eigenvalue weighted by atomic mass is 16.5. The Hall–Kier alpha value is -4.85. The average Bonchev–Trinajstić information content (AvgIpc) is 3.04. The standard InChI is InChI=1S/C34H61N9O11/c1-19(13-29(47)53-21(3)15-25(44)17-24(33(51)52)9-6-7-11-35)40-27(45)16-22(4)54-30(48)14-20(2)41-31(49)23(5)42-32(50)26(43-28(46)18-36)10-8-12-39-34(37)38/h19-24,26H,6-18,35-36H2,1-5H3,(H,40,45)(H,41,49)(H,42,50)(H,43,46)(H,51,52)(H4,37,38,39)/t19-,20-,21+,22+,23-,24-,26-/m0/s1. The molecule has 308 valence electrons. The molecule has 20 heteroatoms. The van der Waals surface area contributed by atoms with E-state index >= 15 is 0 Å². The van der Waals surface area contributed by atoms with Gasteiger partial charge in [-0.2, -0.15) is 0 Å². The van der Waals surface area contributed by atoms with Crippen LogP contribution < -0.4 is 44.2 Å². The molecular weight excluding hydrogens is 710 g/mol. The number of esters is 2. The number of hydrogen-bond acceptors (Lipinski definition) is 13. The van der Waals surface area contributed by atoms with Crippen molar-refractivity contribution in [2.45, 2.75) is 135 Å². The summed E-state index contributed by atoms with van der Waals surface area (Å²) in [5.41, 5.74) is 21.4. The lowest BCUT2D eigenvalue weighted by atomic mass is 9.94. The van der Waals surface area contributed by atoms with Crippen LogP contribution >= 0.6 is 0 Å². The molecule has 20 nitrogen and oxygen atoms in total. The maximum Gasteiger partial charge on any atom is 0.308 e. The van der Waals surface area contributed by atoms with E-state index in [9.17, 15) is 43.5 Å². The van der Waals surface area contributed by atoms with Crippen LogP contribution in [0.25, 0.3) is 0 Å². The van der Waals surface area contributed by atoms with Crippen molar-refractivity contribution >= 4 is 53.3 Å². The van der Waals surface area contributed by atoms with E-state index in [1.54, 1.807) is 13.8 Å². The topological polar surface area (TPSA) is 340 Å². The first-order chi connectivity index (χ1) is 25.3. The van der Waals surface area contributed by atoms with Gasteiger partial charge in [0.2, 0.25) is 23.6 Å². The van der Waals surface area contributed by atoms with Gasteiger partial charge in [-0.1, -0.05) is 6.42 Å². The quantitative estimate of drug-likeness (QED) is 0.0184. The summed E-state index contributed by atoms with van der Waals surface area (Å²) < 4.78 is 10.6. The van der Waals surface area contributed by atoms with E-state index in [-0.39, 0.29) is 63.4 Å². The van der Waals surface area contributed by atoms with Crippen molar-refractivity contribution in [1.82, 2.24) is 21.3 Å². The Bertz CT molecular complexity index is 1290. The highest BCUT2D eigenvalue weighted by Crippen LogP contribution is 2.16. The van der Waals surface area contributed by atoms with Crippen molar-refractivity contribution in [1.29, 1.82) is 0 Å². The summed E-state index contributed by atoms with van der Waals surface area (Å²) in [4.78, 5) is 102. The van der Waals surface area contributed by atoms with Crippen LogP contribution in [0.4, 0.5) is 0 Å². The smallest absolute Gasteiger partial charge is 0.308 e. The van der Waals surface area contributed by atoms with Crippen LogP contribution in [0.1, 0.15) is 98.8 Å². The Kier molecular flexibility index (Phi) is 24.4. The molecule has 0 radical (unpaired) electrons. The molecular formula is C34H61N9O11. The monoisotopic (exact) mass is 771 g/mol. The number of Topliss-reactive ketones (excluding diaryl/α,β-unsaturated/α-hetero) is 1. The Morgan fingerprint density at radius 1 is 0.648 bits per heavy atom. The van der Waals surface area contributed by atoms with E-state index in [0.29, 0.717) is 32.2 Å². The number of rotatable bonds is 28. The zero-order valence-electron chi connectivity index (χ0n) is 32.0. The Morgan fingerprint density at radius 2 is 1.22 bits per heavy atom. The molecule has 0 fully saturated rings. The average molecular weight is 772 g/mol. The molecule has 7 atom stereocenters. The lowest BCUT2D eigenvalue weighted by Crippen LogP contribution is -2.54. The van der Waals surface area contributed by atoms with Gasteiger partial charge in [-0.15, -0.1) is 0 Å². The van der Waals surface area contributed by atoms with Crippen molar-refractivity contribution in [2.24, 2.45) is 33.8 Å². The number of nitrogens with one attached hydrogen (secondary N) is 4. The van der Waals surface area contributed by atoms with Gasteiger partial charge in [0.05, 0.1) is 31.7 Å². The number of carboxylic acids is 1. The lowest BCUT2D eigenvalue weighted by molar-refractivity contribution is -0.151. The maximum absolute atomic E-state index is 12.8. The second kappa shape index (κ2) is 26.8.